The molecule has 32 heavy (non-hydrogen) atoms. The van der Waals surface area contributed by atoms with Crippen LogP contribution in [0.5, 0.6) is 0 Å². The van der Waals surface area contributed by atoms with Crippen LogP contribution in [0.2, 0.25) is 0 Å². The van der Waals surface area contributed by atoms with Gasteiger partial charge in [-0.15, -0.1) is 0 Å². The van der Waals surface area contributed by atoms with E-state index in [2.05, 4.69) is 27.7 Å². The lowest BCUT2D eigenvalue weighted by atomic mass is 9.70. The Bertz CT molecular complexity index is 699. The Balaban J connectivity index is 3.75. The molecule has 0 radical (unpaired) electrons. The van der Waals surface area contributed by atoms with E-state index in [9.17, 15) is 0 Å². The fraction of sp³-hybridized carbons (Fsp3) is 0.846. The van der Waals surface area contributed by atoms with Crippen molar-refractivity contribution in [1.82, 2.24) is 0 Å². The average molecular weight is 457 g/mol. The van der Waals surface area contributed by atoms with Crippen molar-refractivity contribution in [2.45, 2.75) is 132 Å². The zero-order valence-electron chi connectivity index (χ0n) is 23.2. The molecule has 0 saturated carbocycles. The lowest BCUT2D eigenvalue weighted by Gasteiger charge is -2.46. The van der Waals surface area contributed by atoms with Gasteiger partial charge in [0.2, 0.25) is 0 Å². The molecule has 0 amide bonds. The van der Waals surface area contributed by atoms with Gasteiger partial charge in [-0.1, -0.05) is 27.7 Å². The Morgan fingerprint density at radius 2 is 1.09 bits per heavy atom. The third kappa shape index (κ3) is 7.84. The van der Waals surface area contributed by atoms with Crippen molar-refractivity contribution < 1.29 is 29.3 Å². The van der Waals surface area contributed by atoms with Crippen molar-refractivity contribution in [3.63, 3.8) is 0 Å². The molecule has 188 valence electrons. The molecule has 2 atom stereocenters. The summed E-state index contributed by atoms with van der Waals surface area (Å²) in [4.78, 5) is 35.8. The van der Waals surface area contributed by atoms with E-state index < -0.39 is 28.0 Å². The molecule has 0 aromatic carbocycles. The van der Waals surface area contributed by atoms with Crippen LogP contribution in [0.15, 0.2) is 23.0 Å². The van der Waals surface area contributed by atoms with Crippen LogP contribution in [-0.4, -0.2) is 28.0 Å². The molecular weight excluding hydrogens is 408 g/mol. The van der Waals surface area contributed by atoms with Crippen LogP contribution in [0.25, 0.3) is 0 Å². The molecule has 0 N–H and O–H groups in total. The minimum atomic E-state index is -1.03. The SMILES string of the molecule is CC(C)C1=CC(C)(OOC(C)(C)C)C(OOC(C)(C)C)=C(C(C)C)C1(C)OOC(C)(C)C. The quantitative estimate of drug-likeness (QED) is 0.218. The van der Waals surface area contributed by atoms with Crippen molar-refractivity contribution >= 4 is 0 Å². The van der Waals surface area contributed by atoms with E-state index in [-0.39, 0.29) is 11.8 Å². The lowest BCUT2D eigenvalue weighted by Crippen LogP contribution is -2.49. The van der Waals surface area contributed by atoms with Crippen LogP contribution in [0.3, 0.4) is 0 Å². The smallest absolute Gasteiger partial charge is 0.184 e. The second-order valence-corrected chi connectivity index (χ2v) is 12.6. The van der Waals surface area contributed by atoms with Crippen molar-refractivity contribution in [3.05, 3.63) is 23.0 Å². The largest absolute Gasteiger partial charge is 0.338 e. The van der Waals surface area contributed by atoms with E-state index in [1.165, 1.54) is 0 Å². The minimum absolute atomic E-state index is 0.0437. The van der Waals surface area contributed by atoms with Gasteiger partial charge in [0.25, 0.3) is 0 Å². The molecule has 0 fully saturated rings. The summed E-state index contributed by atoms with van der Waals surface area (Å²) in [5.74, 6) is 0.707. The standard InChI is InChI=1S/C26H48O6/c1-17(2)19-16-25(14,31-29-23(8,9)10)21(27-28-22(5,6)7)20(18(3)4)26(19,15)32-30-24(11,12)13/h16-18H,1-15H3. The average Bonchev–Trinajstić information content (AvgIpc) is 2.56. The molecule has 0 bridgehead atoms. The summed E-state index contributed by atoms with van der Waals surface area (Å²) in [5, 5.41) is 0. The van der Waals surface area contributed by atoms with E-state index in [1.807, 2.05) is 82.2 Å². The Kier molecular flexibility index (Phi) is 8.87. The van der Waals surface area contributed by atoms with Crippen LogP contribution in [0.1, 0.15) is 104 Å². The fourth-order valence-corrected chi connectivity index (χ4v) is 3.54. The van der Waals surface area contributed by atoms with Crippen LogP contribution in [-0.2, 0) is 29.3 Å². The summed E-state index contributed by atoms with van der Waals surface area (Å²) in [5.41, 5.74) is -1.51. The van der Waals surface area contributed by atoms with Gasteiger partial charge in [-0.3, -0.25) is 0 Å². The summed E-state index contributed by atoms with van der Waals surface area (Å²) in [6.07, 6.45) is 2.02. The summed E-state index contributed by atoms with van der Waals surface area (Å²) in [6.45, 7) is 29.9. The Morgan fingerprint density at radius 1 is 0.656 bits per heavy atom. The molecule has 0 aliphatic heterocycles. The van der Waals surface area contributed by atoms with E-state index >= 15 is 0 Å². The first kappa shape index (κ1) is 29.1. The van der Waals surface area contributed by atoms with Gasteiger partial charge in [-0.05, 0) is 99.6 Å². The second kappa shape index (κ2) is 9.75. The molecule has 6 heteroatoms. The van der Waals surface area contributed by atoms with Crippen LogP contribution in [0.4, 0.5) is 0 Å². The van der Waals surface area contributed by atoms with E-state index in [1.54, 1.807) is 0 Å². The molecule has 0 saturated heterocycles. The van der Waals surface area contributed by atoms with Crippen molar-refractivity contribution in [3.8, 4) is 0 Å². The Hall–Kier alpha value is -0.920. The van der Waals surface area contributed by atoms with Crippen LogP contribution in [0, 0.1) is 11.8 Å². The van der Waals surface area contributed by atoms with Gasteiger partial charge in [-0.25, -0.2) is 19.6 Å². The Labute approximate surface area is 196 Å². The molecule has 1 rings (SSSR count). The zero-order valence-corrected chi connectivity index (χ0v) is 23.2. The highest BCUT2D eigenvalue weighted by Gasteiger charge is 2.52. The maximum atomic E-state index is 6.23. The van der Waals surface area contributed by atoms with E-state index in [4.69, 9.17) is 29.3 Å². The third-order valence-electron chi connectivity index (χ3n) is 4.69. The highest BCUT2D eigenvalue weighted by atomic mass is 17.2. The Morgan fingerprint density at radius 3 is 1.47 bits per heavy atom. The van der Waals surface area contributed by atoms with Gasteiger partial charge in [0.1, 0.15) is 11.2 Å². The molecule has 6 nitrogen and oxygen atoms in total. The predicted molar refractivity (Wildman–Crippen MR) is 127 cm³/mol. The summed E-state index contributed by atoms with van der Waals surface area (Å²) in [6, 6.07) is 0. The normalized spacial score (nSPS) is 25.6. The molecule has 0 aromatic heterocycles. The van der Waals surface area contributed by atoms with Crippen molar-refractivity contribution in [2.24, 2.45) is 11.8 Å². The van der Waals surface area contributed by atoms with Crippen LogP contribution >= 0.6 is 0 Å². The number of rotatable bonds is 8. The first-order valence-electron chi connectivity index (χ1n) is 11.7. The molecule has 2 unspecified atom stereocenters. The van der Waals surface area contributed by atoms with Gasteiger partial charge < -0.3 is 4.89 Å². The van der Waals surface area contributed by atoms with E-state index in [0.29, 0.717) is 5.76 Å². The molecule has 0 aromatic rings. The van der Waals surface area contributed by atoms with Gasteiger partial charge in [0.05, 0.1) is 11.2 Å². The van der Waals surface area contributed by atoms with Gasteiger partial charge in [0, 0.05) is 5.57 Å². The van der Waals surface area contributed by atoms with E-state index in [0.717, 1.165) is 11.1 Å². The highest BCUT2D eigenvalue weighted by Crippen LogP contribution is 2.49. The maximum Gasteiger partial charge on any atom is 0.184 e. The van der Waals surface area contributed by atoms with Gasteiger partial charge >= 0.3 is 0 Å². The third-order valence-corrected chi connectivity index (χ3v) is 4.69. The lowest BCUT2D eigenvalue weighted by molar-refractivity contribution is -0.413. The predicted octanol–water partition coefficient (Wildman–Crippen LogP) is 7.25. The molecule has 0 heterocycles. The second-order valence-electron chi connectivity index (χ2n) is 12.6. The monoisotopic (exact) mass is 456 g/mol. The first-order valence-corrected chi connectivity index (χ1v) is 11.7. The summed E-state index contributed by atoms with van der Waals surface area (Å²) < 4.78 is 0. The van der Waals surface area contributed by atoms with Gasteiger partial charge in [-0.2, -0.15) is 4.89 Å². The maximum absolute atomic E-state index is 6.23. The van der Waals surface area contributed by atoms with Crippen molar-refractivity contribution in [2.75, 3.05) is 0 Å². The van der Waals surface area contributed by atoms with Gasteiger partial charge in [0.15, 0.2) is 11.4 Å². The van der Waals surface area contributed by atoms with Crippen molar-refractivity contribution in [1.29, 1.82) is 0 Å². The molecular formula is C26H48O6. The number of hydrogen-bond acceptors (Lipinski definition) is 6. The molecule has 0 spiro atoms. The fourth-order valence-electron chi connectivity index (χ4n) is 3.54. The first-order chi connectivity index (χ1) is 14.1. The molecule has 1 aliphatic carbocycles. The topological polar surface area (TPSA) is 55.4 Å². The number of hydrogen-bond donors (Lipinski definition) is 0. The molecule has 1 aliphatic rings. The zero-order chi connectivity index (χ0) is 25.3. The highest BCUT2D eigenvalue weighted by molar-refractivity contribution is 5.46. The minimum Gasteiger partial charge on any atom is -0.338 e. The summed E-state index contributed by atoms with van der Waals surface area (Å²) >= 11 is 0. The van der Waals surface area contributed by atoms with Crippen LogP contribution < -0.4 is 0 Å². The summed E-state index contributed by atoms with van der Waals surface area (Å²) in [7, 11) is 0.